The lowest BCUT2D eigenvalue weighted by Crippen LogP contribution is -2.30. The fourth-order valence-electron chi connectivity index (χ4n) is 8.53. The minimum atomic E-state index is -0.804. The molecule has 1 atom stereocenters. The number of unbranched alkanes of at least 4 members (excludes halogenated alkanes) is 22. The third-order valence-corrected chi connectivity index (χ3v) is 13.3. The maximum absolute atomic E-state index is 12.9. The van der Waals surface area contributed by atoms with Gasteiger partial charge in [0.2, 0.25) is 0 Å². The van der Waals surface area contributed by atoms with Crippen LogP contribution in [0.1, 0.15) is 278 Å². The normalized spacial score (nSPS) is 13.1. The third-order valence-electron chi connectivity index (χ3n) is 13.3. The van der Waals surface area contributed by atoms with Crippen LogP contribution in [0.15, 0.2) is 146 Å². The van der Waals surface area contributed by atoms with Gasteiger partial charge in [0.05, 0.1) is 0 Å². The van der Waals surface area contributed by atoms with Crippen LogP contribution in [0.25, 0.3) is 0 Å². The molecule has 0 aliphatic carbocycles. The van der Waals surface area contributed by atoms with Crippen molar-refractivity contribution in [2.45, 2.75) is 284 Å². The van der Waals surface area contributed by atoms with E-state index < -0.39 is 6.10 Å². The predicted octanol–water partition coefficient (Wildman–Crippen LogP) is 22.3. The molecule has 0 saturated carbocycles. The first kappa shape index (κ1) is 74.3. The Kier molecular flexibility index (Phi) is 61.9. The first-order chi connectivity index (χ1) is 39.0. The summed E-state index contributed by atoms with van der Waals surface area (Å²) in [7, 11) is 0. The van der Waals surface area contributed by atoms with Crippen LogP contribution in [0.5, 0.6) is 0 Å². The summed E-state index contributed by atoms with van der Waals surface area (Å²) >= 11 is 0. The molecule has 0 aromatic heterocycles. The van der Waals surface area contributed by atoms with Gasteiger partial charge in [-0.15, -0.1) is 0 Å². The van der Waals surface area contributed by atoms with E-state index in [1.807, 2.05) is 0 Å². The molecule has 0 aliphatic rings. The summed E-state index contributed by atoms with van der Waals surface area (Å²) in [5.74, 6) is -0.938. The van der Waals surface area contributed by atoms with Gasteiger partial charge in [-0.25, -0.2) is 0 Å². The molecule has 6 nitrogen and oxygen atoms in total. The summed E-state index contributed by atoms with van der Waals surface area (Å²) in [4.78, 5) is 38.3. The molecule has 6 heteroatoms. The largest absolute Gasteiger partial charge is 0.462 e. The van der Waals surface area contributed by atoms with E-state index in [0.29, 0.717) is 19.3 Å². The second-order valence-electron chi connectivity index (χ2n) is 20.9. The average molecular weight is 1090 g/mol. The van der Waals surface area contributed by atoms with E-state index in [4.69, 9.17) is 14.2 Å². The summed E-state index contributed by atoms with van der Waals surface area (Å²) in [6.07, 6.45) is 94.3. The SMILES string of the molecule is CC/C=C\C/C=C\C/C=C\C/C=C\C/C=C\C/C=C\CCCCCCCCCCCCCCC(=O)OCC(COC(=O)CCCCCCC/C=C\C/C=C\CCC)OC(=O)CCCCCC/C=C\C/C=C\C/C=C\C/C=C\CC. The molecular weight excluding hydrogens is 973 g/mol. The zero-order chi connectivity index (χ0) is 57.1. The Labute approximate surface area is 487 Å². The predicted molar refractivity (Wildman–Crippen MR) is 343 cm³/mol. The summed E-state index contributed by atoms with van der Waals surface area (Å²) in [5.41, 5.74) is 0. The molecule has 0 aliphatic heterocycles. The number of carbonyl (C=O) groups excluding carboxylic acids is 3. The highest BCUT2D eigenvalue weighted by Gasteiger charge is 2.19. The van der Waals surface area contributed by atoms with Gasteiger partial charge in [-0.3, -0.25) is 14.4 Å². The molecular formula is C73H118O6. The molecule has 0 N–H and O–H groups in total. The van der Waals surface area contributed by atoms with Crippen molar-refractivity contribution < 1.29 is 28.6 Å². The van der Waals surface area contributed by atoms with Gasteiger partial charge in [0, 0.05) is 19.3 Å². The van der Waals surface area contributed by atoms with Crippen LogP contribution in [0.2, 0.25) is 0 Å². The molecule has 0 aromatic carbocycles. The minimum absolute atomic E-state index is 0.0975. The summed E-state index contributed by atoms with van der Waals surface area (Å²) in [6.45, 7) is 6.32. The van der Waals surface area contributed by atoms with Crippen LogP contribution in [-0.2, 0) is 28.6 Å². The zero-order valence-electron chi connectivity index (χ0n) is 51.1. The van der Waals surface area contributed by atoms with Crippen molar-refractivity contribution in [3.05, 3.63) is 146 Å². The highest BCUT2D eigenvalue weighted by Crippen LogP contribution is 2.15. The Bertz CT molecular complexity index is 1730. The monoisotopic (exact) mass is 1090 g/mol. The molecule has 0 rings (SSSR count). The molecule has 1 unspecified atom stereocenters. The maximum Gasteiger partial charge on any atom is 0.306 e. The van der Waals surface area contributed by atoms with Crippen LogP contribution >= 0.6 is 0 Å². The second-order valence-corrected chi connectivity index (χ2v) is 20.9. The number of hydrogen-bond acceptors (Lipinski definition) is 6. The van der Waals surface area contributed by atoms with Gasteiger partial charge in [-0.2, -0.15) is 0 Å². The summed E-state index contributed by atoms with van der Waals surface area (Å²) in [6, 6.07) is 0. The number of ether oxygens (including phenoxy) is 3. The van der Waals surface area contributed by atoms with Gasteiger partial charge in [0.25, 0.3) is 0 Å². The number of hydrogen-bond donors (Lipinski definition) is 0. The first-order valence-corrected chi connectivity index (χ1v) is 32.3. The molecule has 0 heterocycles. The Morgan fingerprint density at radius 1 is 0.266 bits per heavy atom. The van der Waals surface area contributed by atoms with Gasteiger partial charge in [-0.1, -0.05) is 269 Å². The van der Waals surface area contributed by atoms with E-state index in [9.17, 15) is 14.4 Å². The van der Waals surface area contributed by atoms with E-state index in [1.165, 1.54) is 70.6 Å². The van der Waals surface area contributed by atoms with E-state index in [-0.39, 0.29) is 31.1 Å². The molecule has 79 heavy (non-hydrogen) atoms. The van der Waals surface area contributed by atoms with Gasteiger partial charge >= 0.3 is 17.9 Å². The van der Waals surface area contributed by atoms with Crippen LogP contribution in [-0.4, -0.2) is 37.2 Å². The molecule has 0 amide bonds. The molecule has 0 radical (unpaired) electrons. The summed E-state index contributed by atoms with van der Waals surface area (Å²) < 4.78 is 16.9. The lowest BCUT2D eigenvalue weighted by atomic mass is 10.0. The standard InChI is InChI=1S/C73H118O6/c1-4-7-10-13-16-19-22-25-27-29-30-31-32-33-34-35-36-37-38-39-40-41-42-44-45-48-51-54-57-60-63-66-72(75)78-69-70(68-77-71(74)65-62-59-56-53-50-47-24-21-18-15-12-9-6-3)79-73(76)67-64-61-58-55-52-49-46-43-28-26-23-20-17-14-11-8-5-2/h7-8,10-12,15-17,19-21,24-28,30-31,33-34,36-37,46,49,70H,4-6,9,13-14,18,22-23,29,32,35,38-45,47-48,50-69H2,1-3H3/b10-7-,11-8-,15-12-,19-16-,20-17-,24-21-,27-25-,28-26-,31-30-,34-33-,37-36-,49-46-. The highest BCUT2D eigenvalue weighted by molar-refractivity contribution is 5.71. The van der Waals surface area contributed by atoms with Crippen LogP contribution in [0, 0.1) is 0 Å². The molecule has 0 spiro atoms. The number of allylic oxidation sites excluding steroid dienone is 24. The Morgan fingerprint density at radius 3 is 0.772 bits per heavy atom. The van der Waals surface area contributed by atoms with E-state index in [1.54, 1.807) is 0 Å². The van der Waals surface area contributed by atoms with Gasteiger partial charge < -0.3 is 14.2 Å². The Balaban J connectivity index is 4.30. The Morgan fingerprint density at radius 2 is 0.494 bits per heavy atom. The quantitative estimate of drug-likeness (QED) is 0.0261. The van der Waals surface area contributed by atoms with Crippen molar-refractivity contribution >= 4 is 17.9 Å². The van der Waals surface area contributed by atoms with Crippen molar-refractivity contribution in [1.29, 1.82) is 0 Å². The molecule has 0 fully saturated rings. The molecule has 446 valence electrons. The van der Waals surface area contributed by atoms with Gasteiger partial charge in [-0.05, 0) is 135 Å². The summed E-state index contributed by atoms with van der Waals surface area (Å²) in [5, 5.41) is 0. The van der Waals surface area contributed by atoms with Crippen molar-refractivity contribution in [1.82, 2.24) is 0 Å². The molecule has 0 saturated heterocycles. The maximum atomic E-state index is 12.9. The van der Waals surface area contributed by atoms with Crippen LogP contribution < -0.4 is 0 Å². The van der Waals surface area contributed by atoms with Crippen molar-refractivity contribution in [3.63, 3.8) is 0 Å². The first-order valence-electron chi connectivity index (χ1n) is 32.3. The van der Waals surface area contributed by atoms with E-state index in [2.05, 4.69) is 167 Å². The fourth-order valence-corrected chi connectivity index (χ4v) is 8.53. The lowest BCUT2D eigenvalue weighted by molar-refractivity contribution is -0.167. The zero-order valence-corrected chi connectivity index (χ0v) is 51.1. The number of carbonyl (C=O) groups is 3. The van der Waals surface area contributed by atoms with E-state index >= 15 is 0 Å². The van der Waals surface area contributed by atoms with Crippen molar-refractivity contribution in [2.75, 3.05) is 13.2 Å². The minimum Gasteiger partial charge on any atom is -0.462 e. The number of esters is 3. The molecule has 0 aromatic rings. The van der Waals surface area contributed by atoms with Crippen LogP contribution in [0.4, 0.5) is 0 Å². The van der Waals surface area contributed by atoms with Crippen molar-refractivity contribution in [3.8, 4) is 0 Å². The smallest absolute Gasteiger partial charge is 0.306 e. The van der Waals surface area contributed by atoms with E-state index in [0.717, 1.165) is 167 Å². The van der Waals surface area contributed by atoms with Gasteiger partial charge in [0.15, 0.2) is 6.10 Å². The number of rotatable bonds is 57. The Hall–Kier alpha value is -4.71. The lowest BCUT2D eigenvalue weighted by Gasteiger charge is -2.18. The third kappa shape index (κ3) is 64.0. The van der Waals surface area contributed by atoms with Crippen LogP contribution in [0.3, 0.4) is 0 Å². The second kappa shape index (κ2) is 65.8. The van der Waals surface area contributed by atoms with Crippen molar-refractivity contribution in [2.24, 2.45) is 0 Å². The van der Waals surface area contributed by atoms with Gasteiger partial charge in [0.1, 0.15) is 13.2 Å². The average Bonchev–Trinajstić information content (AvgIpc) is 3.45. The fraction of sp³-hybridized carbons (Fsp3) is 0.630. The molecule has 0 bridgehead atoms. The highest BCUT2D eigenvalue weighted by atomic mass is 16.6. The topological polar surface area (TPSA) is 78.9 Å².